The quantitative estimate of drug-likeness (QED) is 0.795. The molecule has 0 spiro atoms. The van der Waals surface area contributed by atoms with E-state index in [0.717, 1.165) is 11.1 Å². The van der Waals surface area contributed by atoms with Crippen molar-refractivity contribution in [3.8, 4) is 23.0 Å². The monoisotopic (exact) mass is 307 g/mol. The lowest BCUT2D eigenvalue weighted by atomic mass is 10.1. The van der Waals surface area contributed by atoms with Crippen molar-refractivity contribution in [1.29, 1.82) is 0 Å². The summed E-state index contributed by atoms with van der Waals surface area (Å²) in [5.41, 5.74) is 2.46. The highest BCUT2D eigenvalue weighted by Gasteiger charge is 2.10. The molecule has 6 nitrogen and oxygen atoms in total. The minimum atomic E-state index is -1.01. The summed E-state index contributed by atoms with van der Waals surface area (Å²) in [6.07, 6.45) is 4.96. The van der Waals surface area contributed by atoms with Gasteiger partial charge in [-0.05, 0) is 42.8 Å². The molecule has 0 aliphatic carbocycles. The summed E-state index contributed by atoms with van der Waals surface area (Å²) < 4.78 is 5.66. The molecule has 0 saturated carbocycles. The van der Waals surface area contributed by atoms with Crippen LogP contribution in [0.2, 0.25) is 0 Å². The van der Waals surface area contributed by atoms with Crippen LogP contribution in [0.5, 0.6) is 11.8 Å². The van der Waals surface area contributed by atoms with Crippen LogP contribution >= 0.6 is 0 Å². The second-order valence-corrected chi connectivity index (χ2v) is 4.85. The summed E-state index contributed by atoms with van der Waals surface area (Å²) in [6, 6.07) is 10.3. The van der Waals surface area contributed by atoms with Crippen LogP contribution in [-0.2, 0) is 0 Å². The highest BCUT2D eigenvalue weighted by Crippen LogP contribution is 2.25. The van der Waals surface area contributed by atoms with Crippen molar-refractivity contribution in [2.45, 2.75) is 6.92 Å². The maximum absolute atomic E-state index is 11.1. The molecule has 23 heavy (non-hydrogen) atoms. The van der Waals surface area contributed by atoms with Crippen molar-refractivity contribution in [3.05, 3.63) is 66.1 Å². The van der Waals surface area contributed by atoms with Gasteiger partial charge in [-0.2, -0.15) is 4.98 Å². The number of nitrogens with zero attached hydrogens (tertiary/aromatic N) is 3. The predicted molar refractivity (Wildman–Crippen MR) is 83.5 cm³/mol. The van der Waals surface area contributed by atoms with Gasteiger partial charge in [0.05, 0.1) is 11.3 Å². The van der Waals surface area contributed by atoms with E-state index in [1.165, 1.54) is 12.1 Å². The Morgan fingerprint density at radius 3 is 2.78 bits per heavy atom. The molecule has 1 aromatic carbocycles. The number of ether oxygens (including phenoxy) is 1. The second kappa shape index (κ2) is 6.23. The number of carboxylic acid groups (broad SMARTS) is 1. The maximum Gasteiger partial charge on any atom is 0.335 e. The first-order chi connectivity index (χ1) is 11.1. The molecule has 114 valence electrons. The number of hydrogen-bond donors (Lipinski definition) is 1. The Morgan fingerprint density at radius 1 is 1.17 bits per heavy atom. The normalized spacial score (nSPS) is 10.3. The lowest BCUT2D eigenvalue weighted by Gasteiger charge is -2.09. The standard InChI is InChI=1S/C17H13N3O3/c1-11-4-5-12(16(21)22)9-15(11)23-17-19-8-6-14(20-17)13-3-2-7-18-10-13/h2-10H,1H3,(H,21,22). The Hall–Kier alpha value is -3.28. The molecule has 1 N–H and O–H groups in total. The zero-order valence-corrected chi connectivity index (χ0v) is 12.3. The Morgan fingerprint density at radius 2 is 2.04 bits per heavy atom. The van der Waals surface area contributed by atoms with Crippen molar-refractivity contribution >= 4 is 5.97 Å². The number of hydrogen-bond acceptors (Lipinski definition) is 5. The van der Waals surface area contributed by atoms with E-state index < -0.39 is 5.97 Å². The van der Waals surface area contributed by atoms with Gasteiger partial charge in [0.25, 0.3) is 0 Å². The van der Waals surface area contributed by atoms with Crippen LogP contribution in [0.25, 0.3) is 11.3 Å². The molecule has 0 aliphatic heterocycles. The summed E-state index contributed by atoms with van der Waals surface area (Å²) in [6.45, 7) is 1.83. The summed E-state index contributed by atoms with van der Waals surface area (Å²) >= 11 is 0. The van der Waals surface area contributed by atoms with E-state index in [0.29, 0.717) is 11.4 Å². The number of pyridine rings is 1. The van der Waals surface area contributed by atoms with Gasteiger partial charge in [0.2, 0.25) is 0 Å². The number of benzene rings is 1. The van der Waals surface area contributed by atoms with Gasteiger partial charge in [0.1, 0.15) is 5.75 Å². The minimum absolute atomic E-state index is 0.147. The van der Waals surface area contributed by atoms with Crippen molar-refractivity contribution < 1.29 is 14.6 Å². The first-order valence-electron chi connectivity index (χ1n) is 6.89. The molecule has 6 heteroatoms. The molecule has 0 aliphatic rings. The zero-order chi connectivity index (χ0) is 16.2. The Kier molecular flexibility index (Phi) is 3.97. The molecular formula is C17H13N3O3. The molecule has 0 saturated heterocycles. The molecule has 0 atom stereocenters. The lowest BCUT2D eigenvalue weighted by Crippen LogP contribution is -1.99. The molecule has 0 fully saturated rings. The van der Waals surface area contributed by atoms with E-state index in [1.54, 1.807) is 30.7 Å². The van der Waals surface area contributed by atoms with Gasteiger partial charge >= 0.3 is 12.0 Å². The van der Waals surface area contributed by atoms with Crippen LogP contribution in [0.3, 0.4) is 0 Å². The molecule has 0 amide bonds. The third kappa shape index (κ3) is 3.32. The largest absolute Gasteiger partial charge is 0.478 e. The fraction of sp³-hybridized carbons (Fsp3) is 0.0588. The Labute approximate surface area is 132 Å². The number of carboxylic acids is 1. The zero-order valence-electron chi connectivity index (χ0n) is 12.3. The van der Waals surface area contributed by atoms with Gasteiger partial charge in [-0.25, -0.2) is 9.78 Å². The highest BCUT2D eigenvalue weighted by molar-refractivity contribution is 5.88. The third-order valence-corrected chi connectivity index (χ3v) is 3.23. The number of aromatic nitrogens is 3. The predicted octanol–water partition coefficient (Wildman–Crippen LogP) is 3.34. The van der Waals surface area contributed by atoms with Crippen molar-refractivity contribution in [1.82, 2.24) is 15.0 Å². The first kappa shape index (κ1) is 14.6. The fourth-order valence-electron chi connectivity index (χ4n) is 2.01. The van der Waals surface area contributed by atoms with Gasteiger partial charge in [-0.3, -0.25) is 4.98 Å². The SMILES string of the molecule is Cc1ccc(C(=O)O)cc1Oc1nccc(-c2cccnc2)n1. The first-order valence-corrected chi connectivity index (χ1v) is 6.89. The number of carbonyl (C=O) groups is 1. The lowest BCUT2D eigenvalue weighted by molar-refractivity contribution is 0.0696. The molecule has 2 heterocycles. The van der Waals surface area contributed by atoms with Crippen molar-refractivity contribution in [2.24, 2.45) is 0 Å². The topological polar surface area (TPSA) is 85.2 Å². The van der Waals surface area contributed by atoms with Gasteiger partial charge in [0, 0.05) is 24.2 Å². The summed E-state index contributed by atoms with van der Waals surface area (Å²) in [5, 5.41) is 9.07. The molecule has 3 rings (SSSR count). The molecule has 3 aromatic rings. The Balaban J connectivity index is 1.92. The summed E-state index contributed by atoms with van der Waals surface area (Å²) in [5.74, 6) is -0.604. The van der Waals surface area contributed by atoms with Crippen LogP contribution in [-0.4, -0.2) is 26.0 Å². The third-order valence-electron chi connectivity index (χ3n) is 3.23. The molecule has 2 aromatic heterocycles. The van der Waals surface area contributed by atoms with Gasteiger partial charge in [-0.15, -0.1) is 0 Å². The van der Waals surface area contributed by atoms with Crippen LogP contribution in [0.1, 0.15) is 15.9 Å². The summed E-state index contributed by atoms with van der Waals surface area (Å²) in [4.78, 5) is 23.5. The number of aromatic carboxylic acids is 1. The average molecular weight is 307 g/mol. The van der Waals surface area contributed by atoms with Crippen LogP contribution in [0.4, 0.5) is 0 Å². The molecule has 0 radical (unpaired) electrons. The van der Waals surface area contributed by atoms with E-state index in [2.05, 4.69) is 15.0 Å². The fourth-order valence-corrected chi connectivity index (χ4v) is 2.01. The van der Waals surface area contributed by atoms with Crippen molar-refractivity contribution in [2.75, 3.05) is 0 Å². The number of aryl methyl sites for hydroxylation is 1. The van der Waals surface area contributed by atoms with E-state index >= 15 is 0 Å². The van der Waals surface area contributed by atoms with E-state index in [1.807, 2.05) is 19.1 Å². The molecule has 0 bridgehead atoms. The van der Waals surface area contributed by atoms with E-state index in [9.17, 15) is 4.79 Å². The van der Waals surface area contributed by atoms with Gasteiger partial charge in [0.15, 0.2) is 0 Å². The maximum atomic E-state index is 11.1. The average Bonchev–Trinajstić information content (AvgIpc) is 2.58. The molecule has 0 unspecified atom stereocenters. The van der Waals surface area contributed by atoms with E-state index in [-0.39, 0.29) is 11.6 Å². The highest BCUT2D eigenvalue weighted by atomic mass is 16.5. The summed E-state index contributed by atoms with van der Waals surface area (Å²) in [7, 11) is 0. The Bertz CT molecular complexity index is 851. The van der Waals surface area contributed by atoms with Crippen LogP contribution < -0.4 is 4.74 Å². The van der Waals surface area contributed by atoms with Gasteiger partial charge in [-0.1, -0.05) is 6.07 Å². The van der Waals surface area contributed by atoms with Crippen molar-refractivity contribution in [3.63, 3.8) is 0 Å². The smallest absolute Gasteiger partial charge is 0.335 e. The van der Waals surface area contributed by atoms with E-state index in [4.69, 9.17) is 9.84 Å². The second-order valence-electron chi connectivity index (χ2n) is 4.85. The van der Waals surface area contributed by atoms with Crippen LogP contribution in [0.15, 0.2) is 55.0 Å². The van der Waals surface area contributed by atoms with Gasteiger partial charge < -0.3 is 9.84 Å². The molecular weight excluding hydrogens is 294 g/mol. The van der Waals surface area contributed by atoms with Crippen LogP contribution in [0, 0.1) is 6.92 Å². The minimum Gasteiger partial charge on any atom is -0.478 e. The number of rotatable bonds is 4.